The summed E-state index contributed by atoms with van der Waals surface area (Å²) in [6.07, 6.45) is 54.5. The average molecular weight is 1020 g/mol. The van der Waals surface area contributed by atoms with E-state index in [-0.39, 0.29) is 25.9 Å². The molecular weight excluding hydrogens is 925 g/mol. The predicted octanol–water partition coefficient (Wildman–Crippen LogP) is 13.4. The number of allylic oxidation sites excluding steroid dienone is 22. The van der Waals surface area contributed by atoms with E-state index in [1.165, 1.54) is 0 Å². The highest BCUT2D eigenvalue weighted by molar-refractivity contribution is 5.74. The Morgan fingerprint density at radius 2 is 0.849 bits per heavy atom. The highest BCUT2D eigenvalue weighted by atomic mass is 16.7. The van der Waals surface area contributed by atoms with Crippen molar-refractivity contribution in [1.82, 2.24) is 0 Å². The molecule has 0 bridgehead atoms. The molecule has 6 atom stereocenters. The quantitative estimate of drug-likeness (QED) is 0.0228. The minimum Gasteiger partial charge on any atom is -0.479 e. The van der Waals surface area contributed by atoms with Crippen molar-refractivity contribution in [2.24, 2.45) is 0 Å². The normalized spacial score (nSPS) is 19.4. The Morgan fingerprint density at radius 1 is 0.452 bits per heavy atom. The predicted molar refractivity (Wildman–Crippen MR) is 293 cm³/mol. The highest BCUT2D eigenvalue weighted by Gasteiger charge is 2.50. The van der Waals surface area contributed by atoms with Gasteiger partial charge in [0, 0.05) is 19.3 Å². The zero-order chi connectivity index (χ0) is 53.3. The van der Waals surface area contributed by atoms with Crippen molar-refractivity contribution in [2.45, 2.75) is 212 Å². The van der Waals surface area contributed by atoms with Gasteiger partial charge in [-0.05, 0) is 116 Å². The second-order valence-electron chi connectivity index (χ2n) is 17.7. The van der Waals surface area contributed by atoms with Gasteiger partial charge in [-0.25, -0.2) is 4.79 Å². The van der Waals surface area contributed by atoms with Gasteiger partial charge in [-0.1, -0.05) is 174 Å². The first-order valence-electron chi connectivity index (χ1n) is 27.2. The molecule has 1 aliphatic heterocycles. The second kappa shape index (κ2) is 47.8. The van der Waals surface area contributed by atoms with Gasteiger partial charge in [-0.15, -0.1) is 0 Å². The van der Waals surface area contributed by atoms with Crippen molar-refractivity contribution in [1.29, 1.82) is 0 Å². The van der Waals surface area contributed by atoms with E-state index < -0.39 is 67.3 Å². The molecule has 1 rings (SSSR count). The molecule has 0 aromatic heterocycles. The summed E-state index contributed by atoms with van der Waals surface area (Å²) in [6.45, 7) is 5.52. The summed E-state index contributed by atoms with van der Waals surface area (Å²) in [5.41, 5.74) is 0. The molecule has 0 spiro atoms. The molecule has 1 aliphatic rings. The first-order valence-corrected chi connectivity index (χ1v) is 27.2. The third-order valence-corrected chi connectivity index (χ3v) is 11.2. The third kappa shape index (κ3) is 38.2. The maximum Gasteiger partial charge on any atom is 0.335 e. The number of aliphatic carboxylic acids is 1. The van der Waals surface area contributed by atoms with Crippen LogP contribution in [-0.4, -0.2) is 89.2 Å². The molecular formula is C61H92O12. The Balaban J connectivity index is 2.80. The van der Waals surface area contributed by atoms with Crippen LogP contribution in [0.3, 0.4) is 0 Å². The fourth-order valence-corrected chi connectivity index (χ4v) is 7.15. The van der Waals surface area contributed by atoms with Crippen LogP contribution in [0, 0.1) is 0 Å². The van der Waals surface area contributed by atoms with E-state index in [1.54, 1.807) is 0 Å². The van der Waals surface area contributed by atoms with Crippen molar-refractivity contribution >= 4 is 23.9 Å². The molecule has 73 heavy (non-hydrogen) atoms. The van der Waals surface area contributed by atoms with Crippen LogP contribution >= 0.6 is 0 Å². The van der Waals surface area contributed by atoms with Gasteiger partial charge >= 0.3 is 23.9 Å². The Kier molecular flexibility index (Phi) is 43.2. The van der Waals surface area contributed by atoms with E-state index in [9.17, 15) is 34.5 Å². The van der Waals surface area contributed by atoms with Crippen molar-refractivity contribution in [2.75, 3.05) is 13.2 Å². The molecule has 0 radical (unpaired) electrons. The molecule has 0 aromatic carbocycles. The Labute approximate surface area is 439 Å². The first kappa shape index (κ1) is 65.9. The summed E-state index contributed by atoms with van der Waals surface area (Å²) in [7, 11) is 0. The number of hydrogen-bond donors (Lipinski definition) is 3. The number of unbranched alkanes of at least 4 members (excludes halogenated alkanes) is 7. The lowest BCUT2D eigenvalue weighted by atomic mass is 9.98. The van der Waals surface area contributed by atoms with Crippen molar-refractivity contribution in [3.8, 4) is 0 Å². The maximum absolute atomic E-state index is 13.1. The minimum absolute atomic E-state index is 0.0745. The molecule has 12 nitrogen and oxygen atoms in total. The first-order chi connectivity index (χ1) is 35.6. The fourth-order valence-electron chi connectivity index (χ4n) is 7.15. The maximum atomic E-state index is 13.1. The number of aliphatic hydroxyl groups excluding tert-OH is 2. The molecule has 1 fully saturated rings. The summed E-state index contributed by atoms with van der Waals surface area (Å²) in [5.74, 6) is -3.33. The van der Waals surface area contributed by atoms with Crippen LogP contribution in [0.25, 0.3) is 0 Å². The number of carboxylic acids is 1. The number of esters is 3. The van der Waals surface area contributed by atoms with E-state index in [0.717, 1.165) is 109 Å². The van der Waals surface area contributed by atoms with E-state index in [4.69, 9.17) is 23.7 Å². The molecule has 1 saturated heterocycles. The number of hydrogen-bond acceptors (Lipinski definition) is 11. The van der Waals surface area contributed by atoms with E-state index >= 15 is 0 Å². The summed E-state index contributed by atoms with van der Waals surface area (Å²) in [5, 5.41) is 31.4. The lowest BCUT2D eigenvalue weighted by Gasteiger charge is -2.40. The zero-order valence-electron chi connectivity index (χ0n) is 44.6. The molecule has 0 aromatic rings. The number of carboxylic acid groups (broad SMARTS) is 1. The topological polar surface area (TPSA) is 175 Å². The fraction of sp³-hybridized carbons (Fsp3) is 0.574. The van der Waals surface area contributed by atoms with Gasteiger partial charge in [0.05, 0.1) is 6.61 Å². The average Bonchev–Trinajstić information content (AvgIpc) is 3.37. The smallest absolute Gasteiger partial charge is 0.335 e. The third-order valence-electron chi connectivity index (χ3n) is 11.2. The Hall–Kier alpha value is -5.14. The van der Waals surface area contributed by atoms with Crippen LogP contribution in [-0.2, 0) is 42.9 Å². The summed E-state index contributed by atoms with van der Waals surface area (Å²) in [4.78, 5) is 50.9. The molecule has 6 unspecified atom stereocenters. The monoisotopic (exact) mass is 1020 g/mol. The zero-order valence-corrected chi connectivity index (χ0v) is 44.6. The van der Waals surface area contributed by atoms with Crippen LogP contribution in [0.4, 0.5) is 0 Å². The molecule has 1 heterocycles. The molecule has 3 N–H and O–H groups in total. The summed E-state index contributed by atoms with van der Waals surface area (Å²) in [6, 6.07) is 0. The van der Waals surface area contributed by atoms with Crippen LogP contribution in [0.15, 0.2) is 134 Å². The molecule has 12 heteroatoms. The van der Waals surface area contributed by atoms with Gasteiger partial charge in [0.25, 0.3) is 0 Å². The molecule has 0 aliphatic carbocycles. The highest BCUT2D eigenvalue weighted by Crippen LogP contribution is 2.26. The lowest BCUT2D eigenvalue weighted by Crippen LogP contribution is -2.61. The SMILES string of the molecule is CC/C=C\C/C=C\C/C=C\C/C=C\CCCCCCC(=O)OCC(COC1OC(C(=O)O)C(O)C(O)C1OC(=O)CC/C=C\C/C=C\C/C=C\C/C=C\CC)OC(=O)CCCCC/C=C\C/C=C\C/C=C\CC. The lowest BCUT2D eigenvalue weighted by molar-refractivity contribution is -0.301. The summed E-state index contributed by atoms with van der Waals surface area (Å²) >= 11 is 0. The van der Waals surface area contributed by atoms with Gasteiger partial charge in [0.2, 0.25) is 0 Å². The van der Waals surface area contributed by atoms with Crippen molar-refractivity contribution in [3.63, 3.8) is 0 Å². The number of carbonyl (C=O) groups is 4. The van der Waals surface area contributed by atoms with Crippen molar-refractivity contribution < 1.29 is 58.2 Å². The van der Waals surface area contributed by atoms with Crippen LogP contribution in [0.2, 0.25) is 0 Å². The Bertz CT molecular complexity index is 1780. The van der Waals surface area contributed by atoms with Gasteiger partial charge in [-0.2, -0.15) is 0 Å². The van der Waals surface area contributed by atoms with Gasteiger partial charge in [0.1, 0.15) is 18.8 Å². The summed E-state index contributed by atoms with van der Waals surface area (Å²) < 4.78 is 28.2. The number of carbonyl (C=O) groups excluding carboxylic acids is 3. The van der Waals surface area contributed by atoms with Crippen LogP contribution in [0.5, 0.6) is 0 Å². The van der Waals surface area contributed by atoms with Crippen LogP contribution < -0.4 is 0 Å². The largest absolute Gasteiger partial charge is 0.479 e. The number of ether oxygens (including phenoxy) is 5. The molecule has 0 amide bonds. The standard InChI is InChI=1S/C61H92O12/c1-4-7-10-13-16-19-22-25-26-27-28-31-32-35-38-41-44-47-53(62)69-50-52(71-54(63)48-45-42-39-36-33-29-23-20-17-14-11-8-5-2)51-70-61-59(57(66)56(65)58(73-61)60(67)68)72-55(64)49-46-43-40-37-34-30-24-21-18-15-12-9-6-3/h7-12,16-21,25-26,28-31,33-34,40,43,52,56-59,61,65-66H,4-6,13-15,22-24,27,32,35-39,41-42,44-51H2,1-3H3,(H,67,68)/b10-7-,11-8-,12-9-,19-16-,20-17-,21-18-,26-25-,31-28-,33-29-,34-30-,43-40-. The second-order valence-corrected chi connectivity index (χ2v) is 17.7. The number of aliphatic hydroxyl groups is 2. The van der Waals surface area contributed by atoms with Crippen LogP contribution in [0.1, 0.15) is 175 Å². The van der Waals surface area contributed by atoms with E-state index in [1.807, 2.05) is 18.2 Å². The Morgan fingerprint density at radius 3 is 1.30 bits per heavy atom. The molecule has 408 valence electrons. The van der Waals surface area contributed by atoms with Gasteiger partial charge < -0.3 is 39.0 Å². The van der Waals surface area contributed by atoms with Gasteiger partial charge in [0.15, 0.2) is 24.6 Å². The van der Waals surface area contributed by atoms with E-state index in [2.05, 4.69) is 136 Å². The number of rotatable bonds is 43. The van der Waals surface area contributed by atoms with E-state index in [0.29, 0.717) is 25.7 Å². The molecule has 0 saturated carbocycles. The minimum atomic E-state index is -1.94. The van der Waals surface area contributed by atoms with Crippen molar-refractivity contribution in [3.05, 3.63) is 134 Å². The van der Waals surface area contributed by atoms with Gasteiger partial charge in [-0.3, -0.25) is 14.4 Å².